The Kier molecular flexibility index (Phi) is 6.11. The first-order valence-corrected chi connectivity index (χ1v) is 10.6. The van der Waals surface area contributed by atoms with Crippen LogP contribution in [0.1, 0.15) is 41.1 Å². The minimum atomic E-state index is -0.202. The van der Waals surface area contributed by atoms with Crippen molar-refractivity contribution in [3.63, 3.8) is 0 Å². The number of nitriles is 1. The predicted molar refractivity (Wildman–Crippen MR) is 125 cm³/mol. The Morgan fingerprint density at radius 3 is 2.62 bits per heavy atom. The smallest absolute Gasteiger partial charge is 0.239 e. The molecule has 2 aromatic heterocycles. The van der Waals surface area contributed by atoms with E-state index in [0.29, 0.717) is 17.9 Å². The molecule has 2 aromatic carbocycles. The van der Waals surface area contributed by atoms with Crippen LogP contribution >= 0.6 is 0 Å². The summed E-state index contributed by atoms with van der Waals surface area (Å²) in [7, 11) is 0. The number of nitrogens with one attached hydrogen (secondary N) is 2. The van der Waals surface area contributed by atoms with Crippen LogP contribution in [0.15, 0.2) is 65.3 Å². The second kappa shape index (κ2) is 9.13. The first-order valence-electron chi connectivity index (χ1n) is 10.6. The van der Waals surface area contributed by atoms with Crippen molar-refractivity contribution in [3.8, 4) is 6.07 Å². The molecule has 6 nitrogen and oxygen atoms in total. The summed E-state index contributed by atoms with van der Waals surface area (Å²) < 4.78 is 7.38. The van der Waals surface area contributed by atoms with Gasteiger partial charge in [0.1, 0.15) is 17.6 Å². The van der Waals surface area contributed by atoms with Crippen LogP contribution in [0.2, 0.25) is 0 Å². The van der Waals surface area contributed by atoms with E-state index in [9.17, 15) is 10.1 Å². The van der Waals surface area contributed by atoms with Gasteiger partial charge >= 0.3 is 0 Å². The Morgan fingerprint density at radius 1 is 1.12 bits per heavy atom. The molecule has 1 atom stereocenters. The van der Waals surface area contributed by atoms with Crippen molar-refractivity contribution in [2.45, 2.75) is 33.4 Å². The fourth-order valence-corrected chi connectivity index (χ4v) is 3.90. The van der Waals surface area contributed by atoms with Crippen LogP contribution < -0.4 is 10.6 Å². The molecule has 0 aliphatic heterocycles. The first-order chi connectivity index (χ1) is 15.5. The summed E-state index contributed by atoms with van der Waals surface area (Å²) >= 11 is 0. The van der Waals surface area contributed by atoms with Crippen LogP contribution in [0.5, 0.6) is 0 Å². The van der Waals surface area contributed by atoms with Gasteiger partial charge in [-0.3, -0.25) is 4.79 Å². The lowest BCUT2D eigenvalue weighted by Gasteiger charge is -2.16. The van der Waals surface area contributed by atoms with Crippen molar-refractivity contribution in [1.82, 2.24) is 9.88 Å². The summed E-state index contributed by atoms with van der Waals surface area (Å²) in [5.74, 6) is 1.06. The van der Waals surface area contributed by atoms with E-state index in [2.05, 4.69) is 47.0 Å². The van der Waals surface area contributed by atoms with Gasteiger partial charge in [0.05, 0.1) is 24.9 Å². The molecular formula is C26H26N4O2. The molecule has 0 aliphatic carbocycles. The topological polar surface area (TPSA) is 83.0 Å². The normalized spacial score (nSPS) is 11.9. The lowest BCUT2D eigenvalue weighted by molar-refractivity contribution is -0.115. The number of furan rings is 1. The summed E-state index contributed by atoms with van der Waals surface area (Å²) in [6.45, 7) is 6.43. The number of carbonyl (C=O) groups excluding carboxylic acids is 1. The molecule has 4 aromatic rings. The van der Waals surface area contributed by atoms with Crippen LogP contribution in [0.3, 0.4) is 0 Å². The van der Waals surface area contributed by atoms with E-state index >= 15 is 0 Å². The molecule has 0 radical (unpaired) electrons. The number of hydrogen-bond donors (Lipinski definition) is 2. The molecule has 162 valence electrons. The summed E-state index contributed by atoms with van der Waals surface area (Å²) in [4.78, 5) is 12.8. The largest absolute Gasteiger partial charge is 0.467 e. The molecule has 32 heavy (non-hydrogen) atoms. The Labute approximate surface area is 187 Å². The standard InChI is InChI=1S/C26H26N4O2/c1-17-19(3)30(16-23-9-6-12-32-23)26(24(17)14-27)29-25(31)15-28-18(2)21-11-10-20-7-4-5-8-22(20)13-21/h4-13,18,28H,15-16H2,1-3H3,(H,29,31). The van der Waals surface area contributed by atoms with Crippen molar-refractivity contribution in [2.24, 2.45) is 0 Å². The van der Waals surface area contributed by atoms with E-state index in [0.717, 1.165) is 22.6 Å². The highest BCUT2D eigenvalue weighted by Crippen LogP contribution is 2.27. The predicted octanol–water partition coefficient (Wildman–Crippen LogP) is 5.06. The van der Waals surface area contributed by atoms with Gasteiger partial charge < -0.3 is 19.6 Å². The summed E-state index contributed by atoms with van der Waals surface area (Å²) in [6.07, 6.45) is 1.61. The molecule has 2 heterocycles. The molecule has 0 saturated heterocycles. The van der Waals surface area contributed by atoms with E-state index in [1.54, 1.807) is 6.26 Å². The number of amides is 1. The first kappa shape index (κ1) is 21.4. The van der Waals surface area contributed by atoms with Gasteiger partial charge in [-0.05, 0) is 60.9 Å². The number of carbonyl (C=O) groups is 1. The molecular weight excluding hydrogens is 400 g/mol. The number of anilines is 1. The number of nitrogens with zero attached hydrogens (tertiary/aromatic N) is 2. The summed E-state index contributed by atoms with van der Waals surface area (Å²) in [5, 5.41) is 18.3. The zero-order valence-corrected chi connectivity index (χ0v) is 18.5. The maximum atomic E-state index is 12.8. The maximum Gasteiger partial charge on any atom is 0.239 e. The second-order valence-corrected chi connectivity index (χ2v) is 7.97. The van der Waals surface area contributed by atoms with Crippen LogP contribution in [0.4, 0.5) is 5.82 Å². The Morgan fingerprint density at radius 2 is 1.91 bits per heavy atom. The molecule has 2 N–H and O–H groups in total. The van der Waals surface area contributed by atoms with E-state index in [1.807, 2.05) is 49.6 Å². The molecule has 0 fully saturated rings. The fraction of sp³-hybridized carbons (Fsp3) is 0.231. The third kappa shape index (κ3) is 4.29. The van der Waals surface area contributed by atoms with Gasteiger partial charge in [-0.25, -0.2) is 0 Å². The van der Waals surface area contributed by atoms with E-state index in [1.165, 1.54) is 10.8 Å². The molecule has 1 unspecified atom stereocenters. The van der Waals surface area contributed by atoms with Gasteiger partial charge in [-0.2, -0.15) is 5.26 Å². The minimum absolute atomic E-state index is 0.000768. The van der Waals surface area contributed by atoms with Gasteiger partial charge in [0.25, 0.3) is 0 Å². The Bertz CT molecular complexity index is 1300. The van der Waals surface area contributed by atoms with Crippen LogP contribution in [0.25, 0.3) is 10.8 Å². The highest BCUT2D eigenvalue weighted by atomic mass is 16.3. The van der Waals surface area contributed by atoms with Crippen LogP contribution in [0, 0.1) is 25.2 Å². The number of rotatable bonds is 7. The van der Waals surface area contributed by atoms with E-state index < -0.39 is 0 Å². The average molecular weight is 427 g/mol. The second-order valence-electron chi connectivity index (χ2n) is 7.97. The summed E-state index contributed by atoms with van der Waals surface area (Å²) in [6, 6.07) is 20.4. The van der Waals surface area contributed by atoms with Crippen molar-refractivity contribution >= 4 is 22.5 Å². The van der Waals surface area contributed by atoms with E-state index in [4.69, 9.17) is 4.42 Å². The lowest BCUT2D eigenvalue weighted by atomic mass is 10.0. The molecule has 4 rings (SSSR count). The molecule has 1 amide bonds. The Hall–Kier alpha value is -3.82. The number of benzene rings is 2. The molecule has 0 bridgehead atoms. The Balaban J connectivity index is 1.47. The van der Waals surface area contributed by atoms with E-state index in [-0.39, 0.29) is 18.5 Å². The van der Waals surface area contributed by atoms with Gasteiger partial charge in [-0.15, -0.1) is 0 Å². The average Bonchev–Trinajstić information content (AvgIpc) is 3.40. The number of hydrogen-bond acceptors (Lipinski definition) is 4. The molecule has 0 saturated carbocycles. The lowest BCUT2D eigenvalue weighted by Crippen LogP contribution is -2.31. The zero-order chi connectivity index (χ0) is 22.7. The van der Waals surface area contributed by atoms with Gasteiger partial charge in [0.2, 0.25) is 5.91 Å². The quantitative estimate of drug-likeness (QED) is 0.433. The van der Waals surface area contributed by atoms with Gasteiger partial charge in [-0.1, -0.05) is 36.4 Å². The monoisotopic (exact) mass is 426 g/mol. The molecule has 0 spiro atoms. The van der Waals surface area contributed by atoms with Gasteiger partial charge in [0.15, 0.2) is 0 Å². The highest BCUT2D eigenvalue weighted by Gasteiger charge is 2.20. The maximum absolute atomic E-state index is 12.8. The molecule has 6 heteroatoms. The highest BCUT2D eigenvalue weighted by molar-refractivity contribution is 5.93. The van der Waals surface area contributed by atoms with Crippen molar-refractivity contribution in [2.75, 3.05) is 11.9 Å². The minimum Gasteiger partial charge on any atom is -0.467 e. The third-order valence-electron chi connectivity index (χ3n) is 5.94. The summed E-state index contributed by atoms with van der Waals surface area (Å²) in [5.41, 5.74) is 3.37. The van der Waals surface area contributed by atoms with Crippen LogP contribution in [-0.2, 0) is 11.3 Å². The van der Waals surface area contributed by atoms with Gasteiger partial charge in [0, 0.05) is 11.7 Å². The van der Waals surface area contributed by atoms with Crippen molar-refractivity contribution in [1.29, 1.82) is 5.26 Å². The van der Waals surface area contributed by atoms with Crippen molar-refractivity contribution in [3.05, 3.63) is 89.0 Å². The fourth-order valence-electron chi connectivity index (χ4n) is 3.90. The molecule has 0 aliphatic rings. The van der Waals surface area contributed by atoms with Crippen molar-refractivity contribution < 1.29 is 9.21 Å². The van der Waals surface area contributed by atoms with Crippen LogP contribution in [-0.4, -0.2) is 17.0 Å². The number of fused-ring (bicyclic) bond motifs is 1. The zero-order valence-electron chi connectivity index (χ0n) is 18.5. The third-order valence-corrected chi connectivity index (χ3v) is 5.94. The SMILES string of the molecule is Cc1c(C#N)c(NC(=O)CNC(C)c2ccc3ccccc3c2)n(Cc2ccco2)c1C. The number of aromatic nitrogens is 1.